The predicted molar refractivity (Wildman–Crippen MR) is 48.5 cm³/mol. The molecule has 1 aromatic rings. The number of hydrogen-bond acceptors (Lipinski definition) is 3. The molecule has 0 saturated heterocycles. The molecular formula is C9H10N2O2. The largest absolute Gasteiger partial charge is 0.311 e. The third-order valence-corrected chi connectivity index (χ3v) is 1.47. The fourth-order valence-electron chi connectivity index (χ4n) is 0.856. The molecule has 0 aliphatic heterocycles. The molecule has 0 unspecified atom stereocenters. The number of rotatable bonds is 2. The van der Waals surface area contributed by atoms with E-state index in [0.29, 0.717) is 11.4 Å². The van der Waals surface area contributed by atoms with Gasteiger partial charge in [0.15, 0.2) is 5.78 Å². The van der Waals surface area contributed by atoms with Crippen LogP contribution in [-0.4, -0.2) is 16.7 Å². The Kier molecular flexibility index (Phi) is 2.74. The Labute approximate surface area is 76.0 Å². The topological polar surface area (TPSA) is 59.1 Å². The third kappa shape index (κ3) is 2.66. The van der Waals surface area contributed by atoms with Crippen LogP contribution in [0.4, 0.5) is 5.82 Å². The molecule has 0 atom stereocenters. The van der Waals surface area contributed by atoms with Gasteiger partial charge in [0, 0.05) is 18.7 Å². The minimum atomic E-state index is -0.178. The zero-order valence-corrected chi connectivity index (χ0v) is 7.50. The van der Waals surface area contributed by atoms with E-state index >= 15 is 0 Å². The summed E-state index contributed by atoms with van der Waals surface area (Å²) in [7, 11) is 0. The highest BCUT2D eigenvalue weighted by molar-refractivity contribution is 5.94. The first-order valence-electron chi connectivity index (χ1n) is 3.84. The summed E-state index contributed by atoms with van der Waals surface area (Å²) in [5.74, 6) is 0.238. The first kappa shape index (κ1) is 9.38. The minimum Gasteiger partial charge on any atom is -0.311 e. The Bertz CT molecular complexity index is 330. The summed E-state index contributed by atoms with van der Waals surface area (Å²) in [5, 5.41) is 2.51. The number of carbonyl (C=O) groups excluding carboxylic acids is 2. The Morgan fingerprint density at radius 1 is 1.31 bits per heavy atom. The summed E-state index contributed by atoms with van der Waals surface area (Å²) in [6, 6.07) is 3.22. The van der Waals surface area contributed by atoms with E-state index in [1.807, 2.05) is 0 Å². The van der Waals surface area contributed by atoms with Gasteiger partial charge >= 0.3 is 0 Å². The van der Waals surface area contributed by atoms with E-state index in [4.69, 9.17) is 0 Å². The van der Waals surface area contributed by atoms with E-state index in [1.54, 1.807) is 12.1 Å². The summed E-state index contributed by atoms with van der Waals surface area (Å²) in [6.45, 7) is 2.87. The Morgan fingerprint density at radius 2 is 2.00 bits per heavy atom. The quantitative estimate of drug-likeness (QED) is 0.693. The van der Waals surface area contributed by atoms with Gasteiger partial charge in [0.25, 0.3) is 0 Å². The fourth-order valence-corrected chi connectivity index (χ4v) is 0.856. The van der Waals surface area contributed by atoms with Crippen molar-refractivity contribution >= 4 is 17.5 Å². The molecule has 68 valence electrons. The van der Waals surface area contributed by atoms with Crippen molar-refractivity contribution in [2.75, 3.05) is 5.32 Å². The molecule has 0 spiro atoms. The number of anilines is 1. The van der Waals surface area contributed by atoms with Gasteiger partial charge in [0.05, 0.1) is 0 Å². The molecule has 13 heavy (non-hydrogen) atoms. The SMILES string of the molecule is CC(=O)Nc1ccc(C(C)=O)cn1. The van der Waals surface area contributed by atoms with Crippen LogP contribution in [0.15, 0.2) is 18.3 Å². The summed E-state index contributed by atoms with van der Waals surface area (Å²) in [4.78, 5) is 25.4. The van der Waals surface area contributed by atoms with E-state index < -0.39 is 0 Å². The van der Waals surface area contributed by atoms with Gasteiger partial charge in [-0.15, -0.1) is 0 Å². The number of nitrogens with one attached hydrogen (secondary N) is 1. The molecule has 1 rings (SSSR count). The fraction of sp³-hybridized carbons (Fsp3) is 0.222. The second-order valence-electron chi connectivity index (χ2n) is 2.67. The second-order valence-corrected chi connectivity index (χ2v) is 2.67. The minimum absolute atomic E-state index is 0.0399. The molecule has 0 aliphatic carbocycles. The Hall–Kier alpha value is -1.71. The van der Waals surface area contributed by atoms with Gasteiger partial charge in [-0.3, -0.25) is 9.59 Å². The van der Waals surface area contributed by atoms with Crippen LogP contribution in [0.3, 0.4) is 0 Å². The lowest BCUT2D eigenvalue weighted by molar-refractivity contribution is -0.114. The van der Waals surface area contributed by atoms with Crippen LogP contribution in [0.1, 0.15) is 24.2 Å². The lowest BCUT2D eigenvalue weighted by atomic mass is 10.2. The number of pyridine rings is 1. The maximum Gasteiger partial charge on any atom is 0.222 e. The van der Waals surface area contributed by atoms with E-state index in [0.717, 1.165) is 0 Å². The average Bonchev–Trinajstić information content (AvgIpc) is 2.04. The molecular weight excluding hydrogens is 168 g/mol. The molecule has 0 saturated carbocycles. The average molecular weight is 178 g/mol. The van der Waals surface area contributed by atoms with Gasteiger partial charge in [-0.2, -0.15) is 0 Å². The van der Waals surface area contributed by atoms with E-state index in [2.05, 4.69) is 10.3 Å². The third-order valence-electron chi connectivity index (χ3n) is 1.47. The number of amides is 1. The number of carbonyl (C=O) groups is 2. The molecule has 4 heteroatoms. The highest BCUT2D eigenvalue weighted by atomic mass is 16.1. The molecule has 1 aromatic heterocycles. The molecule has 0 aliphatic rings. The highest BCUT2D eigenvalue weighted by Gasteiger charge is 2.00. The van der Waals surface area contributed by atoms with Gasteiger partial charge in [-0.1, -0.05) is 0 Å². The van der Waals surface area contributed by atoms with Crippen molar-refractivity contribution in [2.45, 2.75) is 13.8 Å². The molecule has 1 amide bonds. The van der Waals surface area contributed by atoms with Crippen molar-refractivity contribution in [2.24, 2.45) is 0 Å². The van der Waals surface area contributed by atoms with Gasteiger partial charge < -0.3 is 5.32 Å². The molecule has 4 nitrogen and oxygen atoms in total. The molecule has 0 fully saturated rings. The van der Waals surface area contributed by atoms with E-state index in [9.17, 15) is 9.59 Å². The zero-order chi connectivity index (χ0) is 9.84. The van der Waals surface area contributed by atoms with Crippen LogP contribution in [-0.2, 0) is 4.79 Å². The standard InChI is InChI=1S/C9H10N2O2/c1-6(12)8-3-4-9(10-5-8)11-7(2)13/h3-5H,1-2H3,(H,10,11,13). The van der Waals surface area contributed by atoms with Crippen molar-refractivity contribution in [3.63, 3.8) is 0 Å². The van der Waals surface area contributed by atoms with Gasteiger partial charge in [0.1, 0.15) is 5.82 Å². The Morgan fingerprint density at radius 3 is 2.38 bits per heavy atom. The number of hydrogen-bond donors (Lipinski definition) is 1. The summed E-state index contributed by atoms with van der Waals surface area (Å²) < 4.78 is 0. The number of ketones is 1. The number of Topliss-reactive ketones (excluding diaryl/α,β-unsaturated/α-hetero) is 1. The van der Waals surface area contributed by atoms with Gasteiger partial charge in [-0.25, -0.2) is 4.98 Å². The number of aromatic nitrogens is 1. The summed E-state index contributed by atoms with van der Waals surface area (Å²) >= 11 is 0. The van der Waals surface area contributed by atoms with Crippen LogP contribution in [0.2, 0.25) is 0 Å². The van der Waals surface area contributed by atoms with Crippen molar-refractivity contribution in [1.29, 1.82) is 0 Å². The normalized spacial score (nSPS) is 9.38. The summed E-state index contributed by atoms with van der Waals surface area (Å²) in [6.07, 6.45) is 1.44. The van der Waals surface area contributed by atoms with Crippen molar-refractivity contribution in [3.8, 4) is 0 Å². The lowest BCUT2D eigenvalue weighted by Crippen LogP contribution is -2.07. The molecule has 0 aromatic carbocycles. The van der Waals surface area contributed by atoms with E-state index in [-0.39, 0.29) is 11.7 Å². The van der Waals surface area contributed by atoms with Crippen molar-refractivity contribution in [1.82, 2.24) is 4.98 Å². The van der Waals surface area contributed by atoms with Crippen LogP contribution in [0.5, 0.6) is 0 Å². The maximum absolute atomic E-state index is 10.9. The molecule has 0 radical (unpaired) electrons. The molecule has 1 N–H and O–H groups in total. The van der Waals surface area contributed by atoms with E-state index in [1.165, 1.54) is 20.0 Å². The first-order valence-corrected chi connectivity index (χ1v) is 3.84. The van der Waals surface area contributed by atoms with Crippen molar-refractivity contribution in [3.05, 3.63) is 23.9 Å². The lowest BCUT2D eigenvalue weighted by Gasteiger charge is -2.00. The Balaban J connectivity index is 2.81. The molecule has 1 heterocycles. The zero-order valence-electron chi connectivity index (χ0n) is 7.50. The van der Waals surface area contributed by atoms with Gasteiger partial charge in [-0.05, 0) is 19.1 Å². The van der Waals surface area contributed by atoms with Crippen LogP contribution in [0, 0.1) is 0 Å². The monoisotopic (exact) mass is 178 g/mol. The van der Waals surface area contributed by atoms with Crippen LogP contribution < -0.4 is 5.32 Å². The predicted octanol–water partition coefficient (Wildman–Crippen LogP) is 1.24. The summed E-state index contributed by atoms with van der Waals surface area (Å²) in [5.41, 5.74) is 0.536. The highest BCUT2D eigenvalue weighted by Crippen LogP contribution is 2.04. The first-order chi connectivity index (χ1) is 6.09. The number of nitrogens with zero attached hydrogens (tertiary/aromatic N) is 1. The second kappa shape index (κ2) is 3.80. The van der Waals surface area contributed by atoms with Crippen molar-refractivity contribution < 1.29 is 9.59 Å². The smallest absolute Gasteiger partial charge is 0.222 e. The van der Waals surface area contributed by atoms with Gasteiger partial charge in [0.2, 0.25) is 5.91 Å². The molecule has 0 bridgehead atoms. The maximum atomic E-state index is 10.9. The van der Waals surface area contributed by atoms with Crippen LogP contribution >= 0.6 is 0 Å². The van der Waals surface area contributed by atoms with Crippen LogP contribution in [0.25, 0.3) is 0 Å².